The fourth-order valence-electron chi connectivity index (χ4n) is 3.69. The fraction of sp³-hybridized carbons (Fsp3) is 0.692. The second kappa shape index (κ2) is 19.1. The lowest BCUT2D eigenvalue weighted by Crippen LogP contribution is -2.07. The molecule has 4 nitrogen and oxygen atoms in total. The second-order valence-electron chi connectivity index (χ2n) is 8.34. The van der Waals surface area contributed by atoms with Gasteiger partial charge in [0, 0.05) is 12.8 Å². The molecule has 1 N–H and O–H groups in total. The molecule has 170 valence electrons. The van der Waals surface area contributed by atoms with E-state index >= 15 is 0 Å². The average molecular weight is 419 g/mol. The molecule has 0 unspecified atom stereocenters. The summed E-state index contributed by atoms with van der Waals surface area (Å²) < 4.78 is 5.29. The molecule has 1 rings (SSSR count). The van der Waals surface area contributed by atoms with Crippen molar-refractivity contribution >= 4 is 11.9 Å². The van der Waals surface area contributed by atoms with Crippen molar-refractivity contribution in [1.82, 2.24) is 0 Å². The van der Waals surface area contributed by atoms with E-state index in [9.17, 15) is 9.59 Å². The van der Waals surface area contributed by atoms with E-state index in [4.69, 9.17) is 9.84 Å². The van der Waals surface area contributed by atoms with Gasteiger partial charge in [-0.1, -0.05) is 108 Å². The molecular formula is C26H42O4. The first-order valence-corrected chi connectivity index (χ1v) is 12.2. The van der Waals surface area contributed by atoms with E-state index in [-0.39, 0.29) is 5.97 Å². The van der Waals surface area contributed by atoms with Crippen LogP contribution in [-0.4, -0.2) is 17.0 Å². The van der Waals surface area contributed by atoms with Crippen LogP contribution in [0.2, 0.25) is 0 Å². The largest absolute Gasteiger partial charge is 0.481 e. The lowest BCUT2D eigenvalue weighted by Gasteiger charge is -2.05. The fourth-order valence-corrected chi connectivity index (χ4v) is 3.69. The van der Waals surface area contributed by atoms with Crippen LogP contribution < -0.4 is 4.74 Å². The minimum atomic E-state index is -0.670. The third-order valence-electron chi connectivity index (χ3n) is 5.50. The molecule has 0 aliphatic heterocycles. The highest BCUT2D eigenvalue weighted by Crippen LogP contribution is 2.15. The molecular weight excluding hydrogens is 376 g/mol. The number of rotatable bonds is 20. The Morgan fingerprint density at radius 2 is 0.933 bits per heavy atom. The third kappa shape index (κ3) is 17.1. The van der Waals surface area contributed by atoms with Gasteiger partial charge in [-0.3, -0.25) is 9.59 Å². The Labute approximate surface area is 183 Å². The molecule has 0 atom stereocenters. The van der Waals surface area contributed by atoms with Crippen molar-refractivity contribution < 1.29 is 19.4 Å². The summed E-state index contributed by atoms with van der Waals surface area (Å²) >= 11 is 0. The number of hydrogen-bond donors (Lipinski definition) is 1. The van der Waals surface area contributed by atoms with Crippen LogP contribution in [-0.2, 0) is 9.59 Å². The highest BCUT2D eigenvalue weighted by Gasteiger charge is 2.04. The Hall–Kier alpha value is -1.84. The third-order valence-corrected chi connectivity index (χ3v) is 5.50. The lowest BCUT2D eigenvalue weighted by molar-refractivity contribution is -0.137. The topological polar surface area (TPSA) is 63.6 Å². The average Bonchev–Trinajstić information content (AvgIpc) is 2.73. The van der Waals surface area contributed by atoms with Gasteiger partial charge in [0.05, 0.1) is 0 Å². The van der Waals surface area contributed by atoms with Crippen molar-refractivity contribution in [3.8, 4) is 5.75 Å². The van der Waals surface area contributed by atoms with Crippen LogP contribution >= 0.6 is 0 Å². The zero-order chi connectivity index (χ0) is 21.7. The molecule has 0 amide bonds. The van der Waals surface area contributed by atoms with E-state index in [2.05, 4.69) is 0 Å². The van der Waals surface area contributed by atoms with E-state index in [1.54, 1.807) is 0 Å². The van der Waals surface area contributed by atoms with E-state index < -0.39 is 5.97 Å². The number of esters is 1. The van der Waals surface area contributed by atoms with Crippen LogP contribution in [0.25, 0.3) is 0 Å². The number of carboxylic acids is 1. The van der Waals surface area contributed by atoms with E-state index in [0.717, 1.165) is 25.7 Å². The smallest absolute Gasteiger partial charge is 0.311 e. The molecule has 0 aromatic heterocycles. The summed E-state index contributed by atoms with van der Waals surface area (Å²) in [5.41, 5.74) is 0. The van der Waals surface area contributed by atoms with Crippen molar-refractivity contribution in [2.75, 3.05) is 0 Å². The molecule has 0 saturated heterocycles. The Kier molecular flexibility index (Phi) is 16.7. The lowest BCUT2D eigenvalue weighted by atomic mass is 10.0. The Bertz CT molecular complexity index is 541. The number of unbranched alkanes of at least 4 members (excludes halogenated alkanes) is 15. The molecule has 0 heterocycles. The van der Waals surface area contributed by atoms with Gasteiger partial charge in [0.25, 0.3) is 0 Å². The van der Waals surface area contributed by atoms with Crippen LogP contribution in [0.5, 0.6) is 5.75 Å². The van der Waals surface area contributed by atoms with Gasteiger partial charge in [0.1, 0.15) is 5.75 Å². The number of carbonyl (C=O) groups excluding carboxylic acids is 1. The SMILES string of the molecule is O=C(O)CCCCCCCCCCCCCCCCCCC(=O)Oc1ccccc1. The minimum Gasteiger partial charge on any atom is -0.481 e. The van der Waals surface area contributed by atoms with Crippen LogP contribution in [0.1, 0.15) is 116 Å². The molecule has 1 aromatic carbocycles. The first kappa shape index (κ1) is 26.2. The summed E-state index contributed by atoms with van der Waals surface area (Å²) in [6, 6.07) is 9.28. The quantitative estimate of drug-likeness (QED) is 0.134. The Morgan fingerprint density at radius 3 is 1.33 bits per heavy atom. The van der Waals surface area contributed by atoms with Gasteiger partial charge < -0.3 is 9.84 Å². The zero-order valence-corrected chi connectivity index (χ0v) is 18.8. The van der Waals surface area contributed by atoms with Gasteiger partial charge in [0.15, 0.2) is 0 Å². The minimum absolute atomic E-state index is 0.126. The van der Waals surface area contributed by atoms with Crippen molar-refractivity contribution in [2.45, 2.75) is 116 Å². The van der Waals surface area contributed by atoms with Crippen LogP contribution in [0.15, 0.2) is 30.3 Å². The molecule has 0 radical (unpaired) electrons. The molecule has 1 aromatic rings. The molecule has 0 aliphatic carbocycles. The van der Waals surface area contributed by atoms with Crippen molar-refractivity contribution in [1.29, 1.82) is 0 Å². The van der Waals surface area contributed by atoms with Crippen molar-refractivity contribution in [3.05, 3.63) is 30.3 Å². The summed E-state index contributed by atoms with van der Waals surface area (Å²) in [6.07, 6.45) is 20.3. The summed E-state index contributed by atoms with van der Waals surface area (Å²) in [6.45, 7) is 0. The van der Waals surface area contributed by atoms with Gasteiger partial charge in [-0.25, -0.2) is 0 Å². The predicted molar refractivity (Wildman–Crippen MR) is 123 cm³/mol. The summed E-state index contributed by atoms with van der Waals surface area (Å²) in [4.78, 5) is 22.2. The van der Waals surface area contributed by atoms with E-state index in [0.29, 0.717) is 18.6 Å². The van der Waals surface area contributed by atoms with Gasteiger partial charge >= 0.3 is 11.9 Å². The molecule has 30 heavy (non-hydrogen) atoms. The Balaban J connectivity index is 1.73. The number of ether oxygens (including phenoxy) is 1. The molecule has 0 aliphatic rings. The summed E-state index contributed by atoms with van der Waals surface area (Å²) in [7, 11) is 0. The molecule has 0 spiro atoms. The van der Waals surface area contributed by atoms with E-state index in [1.165, 1.54) is 77.0 Å². The highest BCUT2D eigenvalue weighted by atomic mass is 16.5. The van der Waals surface area contributed by atoms with Crippen molar-refractivity contribution in [2.24, 2.45) is 0 Å². The first-order chi connectivity index (χ1) is 14.7. The molecule has 0 bridgehead atoms. The van der Waals surface area contributed by atoms with Crippen LogP contribution in [0.3, 0.4) is 0 Å². The monoisotopic (exact) mass is 418 g/mol. The Morgan fingerprint density at radius 1 is 0.567 bits per heavy atom. The number of benzene rings is 1. The standard InChI is InChI=1S/C26H42O4/c27-25(28)22-18-13-11-9-7-5-3-1-2-4-6-8-10-12-14-19-23-26(29)30-24-20-16-15-17-21-24/h15-17,20-21H,1-14,18-19,22-23H2,(H,27,28). The number of hydrogen-bond acceptors (Lipinski definition) is 3. The zero-order valence-electron chi connectivity index (χ0n) is 18.8. The van der Waals surface area contributed by atoms with Crippen LogP contribution in [0.4, 0.5) is 0 Å². The molecule has 0 fully saturated rings. The number of para-hydroxylation sites is 1. The van der Waals surface area contributed by atoms with Gasteiger partial charge in [-0.2, -0.15) is 0 Å². The normalized spacial score (nSPS) is 10.8. The highest BCUT2D eigenvalue weighted by molar-refractivity contribution is 5.72. The first-order valence-electron chi connectivity index (χ1n) is 12.2. The van der Waals surface area contributed by atoms with Gasteiger partial charge in [-0.05, 0) is 25.0 Å². The maximum Gasteiger partial charge on any atom is 0.311 e. The van der Waals surface area contributed by atoms with E-state index in [1.807, 2.05) is 30.3 Å². The number of carboxylic acid groups (broad SMARTS) is 1. The summed E-state index contributed by atoms with van der Waals surface area (Å²) in [5, 5.41) is 8.58. The molecule has 0 saturated carbocycles. The maximum absolute atomic E-state index is 11.8. The second-order valence-corrected chi connectivity index (χ2v) is 8.34. The van der Waals surface area contributed by atoms with Gasteiger partial charge in [-0.15, -0.1) is 0 Å². The van der Waals surface area contributed by atoms with Gasteiger partial charge in [0.2, 0.25) is 0 Å². The predicted octanol–water partition coefficient (Wildman–Crippen LogP) is 7.70. The van der Waals surface area contributed by atoms with Crippen molar-refractivity contribution in [3.63, 3.8) is 0 Å². The summed E-state index contributed by atoms with van der Waals surface area (Å²) in [5.74, 6) is -0.161. The van der Waals surface area contributed by atoms with Crippen LogP contribution in [0, 0.1) is 0 Å². The number of carbonyl (C=O) groups is 2. The number of aliphatic carboxylic acids is 1. The molecule has 4 heteroatoms. The maximum atomic E-state index is 11.8.